The standard InChI is InChI=1S/C22H20F2N4O3S/c1-31-15-7-5-14(6-8-15)25-19(29)21-27-26-20(32-21)13-9-11-28(12-10-13)22(30)18-16(23)3-2-4-17(18)24/h2-8,13H,9-12H2,1H3,(H,25,29). The summed E-state index contributed by atoms with van der Waals surface area (Å²) >= 11 is 1.20. The van der Waals surface area contributed by atoms with Crippen LogP contribution in [-0.2, 0) is 0 Å². The van der Waals surface area contributed by atoms with Gasteiger partial charge in [-0.05, 0) is 49.2 Å². The first-order chi connectivity index (χ1) is 15.5. The smallest absolute Gasteiger partial charge is 0.286 e. The molecule has 3 aromatic rings. The zero-order chi connectivity index (χ0) is 22.7. The van der Waals surface area contributed by atoms with Crippen LogP contribution in [0.3, 0.4) is 0 Å². The monoisotopic (exact) mass is 458 g/mol. The summed E-state index contributed by atoms with van der Waals surface area (Å²) < 4.78 is 32.9. The molecule has 10 heteroatoms. The molecule has 1 fully saturated rings. The Balaban J connectivity index is 1.36. The molecule has 0 unspecified atom stereocenters. The summed E-state index contributed by atoms with van der Waals surface area (Å²) in [5.74, 6) is -2.05. The van der Waals surface area contributed by atoms with Crippen LogP contribution in [0.5, 0.6) is 5.75 Å². The number of benzene rings is 2. The molecule has 0 radical (unpaired) electrons. The molecule has 1 saturated heterocycles. The van der Waals surface area contributed by atoms with Crippen LogP contribution in [-0.4, -0.2) is 47.1 Å². The van der Waals surface area contributed by atoms with E-state index in [0.717, 1.165) is 12.1 Å². The first-order valence-electron chi connectivity index (χ1n) is 9.98. The number of carbonyl (C=O) groups excluding carboxylic acids is 2. The van der Waals surface area contributed by atoms with Gasteiger partial charge in [-0.15, -0.1) is 10.2 Å². The lowest BCUT2D eigenvalue weighted by atomic mass is 9.97. The van der Waals surface area contributed by atoms with Crippen molar-refractivity contribution in [1.29, 1.82) is 0 Å². The van der Waals surface area contributed by atoms with Crippen LogP contribution in [0, 0.1) is 11.6 Å². The first-order valence-corrected chi connectivity index (χ1v) is 10.8. The quantitative estimate of drug-likeness (QED) is 0.622. The molecule has 0 aliphatic carbocycles. The van der Waals surface area contributed by atoms with Gasteiger partial charge in [0, 0.05) is 24.7 Å². The van der Waals surface area contributed by atoms with Crippen LogP contribution < -0.4 is 10.1 Å². The van der Waals surface area contributed by atoms with Gasteiger partial charge < -0.3 is 15.0 Å². The fourth-order valence-corrected chi connectivity index (χ4v) is 4.45. The van der Waals surface area contributed by atoms with Crippen LogP contribution in [0.25, 0.3) is 0 Å². The van der Waals surface area contributed by atoms with Gasteiger partial charge in [0.1, 0.15) is 28.0 Å². The molecule has 0 spiro atoms. The van der Waals surface area contributed by atoms with Gasteiger partial charge in [-0.1, -0.05) is 17.4 Å². The fourth-order valence-electron chi connectivity index (χ4n) is 3.54. The number of ether oxygens (including phenoxy) is 1. The van der Waals surface area contributed by atoms with Crippen molar-refractivity contribution in [3.63, 3.8) is 0 Å². The normalized spacial score (nSPS) is 14.3. The lowest BCUT2D eigenvalue weighted by molar-refractivity contribution is 0.0702. The SMILES string of the molecule is COc1ccc(NC(=O)c2nnc(C3CCN(C(=O)c4c(F)cccc4F)CC3)s2)cc1. The van der Waals surface area contributed by atoms with Crippen LogP contribution in [0.2, 0.25) is 0 Å². The Kier molecular flexibility index (Phi) is 6.40. The molecule has 2 amide bonds. The maximum Gasteiger partial charge on any atom is 0.286 e. The maximum absolute atomic E-state index is 13.9. The molecule has 1 aliphatic heterocycles. The minimum Gasteiger partial charge on any atom is -0.497 e. The number of anilines is 1. The molecule has 2 heterocycles. The third kappa shape index (κ3) is 4.59. The Morgan fingerprint density at radius 1 is 1.06 bits per heavy atom. The number of amides is 2. The van der Waals surface area contributed by atoms with E-state index in [0.29, 0.717) is 42.4 Å². The summed E-state index contributed by atoms with van der Waals surface area (Å²) in [4.78, 5) is 26.5. The minimum absolute atomic E-state index is 0.0181. The van der Waals surface area contributed by atoms with Crippen molar-refractivity contribution in [3.05, 3.63) is 69.7 Å². The molecule has 166 valence electrons. The summed E-state index contributed by atoms with van der Waals surface area (Å²) in [7, 11) is 1.56. The Morgan fingerprint density at radius 3 is 2.34 bits per heavy atom. The van der Waals surface area contributed by atoms with Crippen molar-refractivity contribution in [1.82, 2.24) is 15.1 Å². The van der Waals surface area contributed by atoms with E-state index in [1.165, 1.54) is 22.3 Å². The van der Waals surface area contributed by atoms with E-state index in [2.05, 4.69) is 15.5 Å². The van der Waals surface area contributed by atoms with Gasteiger partial charge in [0.05, 0.1) is 7.11 Å². The van der Waals surface area contributed by atoms with Crippen molar-refractivity contribution < 1.29 is 23.1 Å². The van der Waals surface area contributed by atoms with E-state index in [1.807, 2.05) is 0 Å². The Labute approximate surface area is 187 Å². The first kappa shape index (κ1) is 21.8. The highest BCUT2D eigenvalue weighted by Crippen LogP contribution is 2.31. The molecule has 0 saturated carbocycles. The molecule has 1 aliphatic rings. The van der Waals surface area contributed by atoms with Gasteiger partial charge in [0.2, 0.25) is 5.01 Å². The second-order valence-corrected chi connectivity index (χ2v) is 8.30. The average molecular weight is 458 g/mol. The van der Waals surface area contributed by atoms with Crippen molar-refractivity contribution >= 4 is 28.8 Å². The topological polar surface area (TPSA) is 84.4 Å². The van der Waals surface area contributed by atoms with Gasteiger partial charge >= 0.3 is 0 Å². The number of hydrogen-bond acceptors (Lipinski definition) is 6. The lowest BCUT2D eigenvalue weighted by Crippen LogP contribution is -2.38. The number of nitrogens with zero attached hydrogens (tertiary/aromatic N) is 3. The number of piperidine rings is 1. The average Bonchev–Trinajstić information content (AvgIpc) is 3.30. The van der Waals surface area contributed by atoms with E-state index in [9.17, 15) is 18.4 Å². The summed E-state index contributed by atoms with van der Waals surface area (Å²) in [5.41, 5.74) is 0.0825. The number of aromatic nitrogens is 2. The number of halogens is 2. The number of carbonyl (C=O) groups is 2. The number of methoxy groups -OCH3 is 1. The van der Waals surface area contributed by atoms with E-state index in [1.54, 1.807) is 31.4 Å². The van der Waals surface area contributed by atoms with Crippen molar-refractivity contribution in [3.8, 4) is 5.75 Å². The Bertz CT molecular complexity index is 1110. The highest BCUT2D eigenvalue weighted by atomic mass is 32.1. The molecule has 32 heavy (non-hydrogen) atoms. The summed E-state index contributed by atoms with van der Waals surface area (Å²) in [6.45, 7) is 0.675. The van der Waals surface area contributed by atoms with Gasteiger partial charge in [-0.3, -0.25) is 9.59 Å². The number of rotatable bonds is 5. The van der Waals surface area contributed by atoms with Crippen molar-refractivity contribution in [2.75, 3.05) is 25.5 Å². The molecule has 1 aromatic heterocycles. The summed E-state index contributed by atoms with van der Waals surface area (Å²) in [6, 6.07) is 10.3. The highest BCUT2D eigenvalue weighted by Gasteiger charge is 2.30. The predicted octanol–water partition coefficient (Wildman–Crippen LogP) is 4.10. The molecule has 0 atom stereocenters. The van der Waals surface area contributed by atoms with Crippen molar-refractivity contribution in [2.24, 2.45) is 0 Å². The van der Waals surface area contributed by atoms with Crippen LogP contribution in [0.15, 0.2) is 42.5 Å². The Hall–Kier alpha value is -3.40. The lowest BCUT2D eigenvalue weighted by Gasteiger charge is -2.31. The molecule has 0 bridgehead atoms. The zero-order valence-corrected chi connectivity index (χ0v) is 18.0. The minimum atomic E-state index is -0.867. The third-order valence-corrected chi connectivity index (χ3v) is 6.38. The molecule has 1 N–H and O–H groups in total. The third-order valence-electron chi connectivity index (χ3n) is 5.29. The second kappa shape index (κ2) is 9.39. The molecular formula is C22H20F2N4O3S. The largest absolute Gasteiger partial charge is 0.497 e. The Morgan fingerprint density at radius 2 is 1.72 bits per heavy atom. The highest BCUT2D eigenvalue weighted by molar-refractivity contribution is 7.13. The van der Waals surface area contributed by atoms with E-state index >= 15 is 0 Å². The van der Waals surface area contributed by atoms with Crippen LogP contribution in [0.1, 0.15) is 43.9 Å². The number of hydrogen-bond donors (Lipinski definition) is 1. The summed E-state index contributed by atoms with van der Waals surface area (Å²) in [5, 5.41) is 11.9. The number of likely N-dealkylation sites (tertiary alicyclic amines) is 1. The molecule has 7 nitrogen and oxygen atoms in total. The fraction of sp³-hybridized carbons (Fsp3) is 0.273. The maximum atomic E-state index is 13.9. The van der Waals surface area contributed by atoms with Crippen LogP contribution >= 0.6 is 11.3 Å². The number of nitrogens with one attached hydrogen (secondary N) is 1. The zero-order valence-electron chi connectivity index (χ0n) is 17.2. The summed E-state index contributed by atoms with van der Waals surface area (Å²) in [6.07, 6.45) is 1.13. The van der Waals surface area contributed by atoms with Gasteiger partial charge in [-0.2, -0.15) is 0 Å². The predicted molar refractivity (Wildman–Crippen MR) is 115 cm³/mol. The van der Waals surface area contributed by atoms with Gasteiger partial charge in [0.25, 0.3) is 11.8 Å². The van der Waals surface area contributed by atoms with E-state index in [4.69, 9.17) is 4.74 Å². The van der Waals surface area contributed by atoms with Gasteiger partial charge in [0.15, 0.2) is 0 Å². The van der Waals surface area contributed by atoms with E-state index < -0.39 is 23.1 Å². The van der Waals surface area contributed by atoms with Gasteiger partial charge in [-0.25, -0.2) is 8.78 Å². The second-order valence-electron chi connectivity index (χ2n) is 7.29. The molecular weight excluding hydrogens is 438 g/mol. The van der Waals surface area contributed by atoms with E-state index in [-0.39, 0.29) is 16.8 Å². The molecule has 4 rings (SSSR count). The van der Waals surface area contributed by atoms with Crippen LogP contribution in [0.4, 0.5) is 14.5 Å². The van der Waals surface area contributed by atoms with Crippen molar-refractivity contribution in [2.45, 2.75) is 18.8 Å². The molecule has 2 aromatic carbocycles.